The number of aromatic nitrogens is 1. The molecule has 0 amide bonds. The van der Waals surface area contributed by atoms with E-state index in [-0.39, 0.29) is 5.82 Å². The van der Waals surface area contributed by atoms with Crippen LogP contribution in [0.4, 0.5) is 4.39 Å². The zero-order chi connectivity index (χ0) is 12.5. The highest BCUT2D eigenvalue weighted by Gasteiger charge is 2.15. The van der Waals surface area contributed by atoms with E-state index in [0.717, 1.165) is 43.9 Å². The van der Waals surface area contributed by atoms with E-state index in [1.807, 2.05) is 17.7 Å². The van der Waals surface area contributed by atoms with Gasteiger partial charge in [-0.2, -0.15) is 0 Å². The third-order valence-corrected chi connectivity index (χ3v) is 3.60. The number of hydrogen-bond acceptors (Lipinski definition) is 2. The van der Waals surface area contributed by atoms with Crippen molar-refractivity contribution >= 4 is 10.9 Å². The molecule has 4 heteroatoms. The molecule has 1 aliphatic rings. The smallest absolute Gasteiger partial charge is 0.147 e. The molecule has 1 saturated heterocycles. The highest BCUT2D eigenvalue weighted by molar-refractivity contribution is 5.81. The summed E-state index contributed by atoms with van der Waals surface area (Å²) >= 11 is 0. The second kappa shape index (κ2) is 4.71. The van der Waals surface area contributed by atoms with Gasteiger partial charge in [-0.1, -0.05) is 12.1 Å². The number of rotatable bonds is 2. The highest BCUT2D eigenvalue weighted by Crippen LogP contribution is 2.22. The minimum Gasteiger partial charge on any atom is -0.379 e. The van der Waals surface area contributed by atoms with Crippen molar-refractivity contribution in [2.45, 2.75) is 6.54 Å². The van der Waals surface area contributed by atoms with Gasteiger partial charge in [0.05, 0.1) is 18.7 Å². The molecule has 0 bridgehead atoms. The summed E-state index contributed by atoms with van der Waals surface area (Å²) in [6.07, 6.45) is 0. The fraction of sp³-hybridized carbons (Fsp3) is 0.429. The fourth-order valence-electron chi connectivity index (χ4n) is 2.56. The summed E-state index contributed by atoms with van der Waals surface area (Å²) in [5.74, 6) is -0.150. The highest BCUT2D eigenvalue weighted by atomic mass is 19.1. The van der Waals surface area contributed by atoms with Crippen LogP contribution in [0, 0.1) is 5.82 Å². The van der Waals surface area contributed by atoms with Crippen LogP contribution in [0.5, 0.6) is 0 Å². The van der Waals surface area contributed by atoms with Gasteiger partial charge in [0, 0.05) is 37.8 Å². The number of para-hydroxylation sites is 1. The number of aryl methyl sites for hydroxylation is 1. The summed E-state index contributed by atoms with van der Waals surface area (Å²) in [5.41, 5.74) is 1.85. The quantitative estimate of drug-likeness (QED) is 0.810. The van der Waals surface area contributed by atoms with Gasteiger partial charge in [0.2, 0.25) is 0 Å². The Morgan fingerprint density at radius 2 is 2.06 bits per heavy atom. The average Bonchev–Trinajstić information content (AvgIpc) is 2.69. The molecule has 0 atom stereocenters. The lowest BCUT2D eigenvalue weighted by atomic mass is 10.2. The van der Waals surface area contributed by atoms with Gasteiger partial charge in [0.1, 0.15) is 5.82 Å². The van der Waals surface area contributed by atoms with Gasteiger partial charge in [-0.3, -0.25) is 4.90 Å². The Hall–Kier alpha value is -1.39. The Kier molecular flexibility index (Phi) is 3.06. The van der Waals surface area contributed by atoms with Gasteiger partial charge in [-0.05, 0) is 12.1 Å². The monoisotopic (exact) mass is 248 g/mol. The first-order valence-corrected chi connectivity index (χ1v) is 6.28. The van der Waals surface area contributed by atoms with Gasteiger partial charge < -0.3 is 9.30 Å². The maximum Gasteiger partial charge on any atom is 0.147 e. The standard InChI is InChI=1S/C14H17FN2O/c1-16-12(10-17-5-7-18-8-6-17)9-11-3-2-4-13(15)14(11)16/h2-4,9H,5-8,10H2,1H3. The number of ether oxygens (including phenoxy) is 1. The first-order valence-electron chi connectivity index (χ1n) is 6.28. The van der Waals surface area contributed by atoms with E-state index in [1.54, 1.807) is 6.07 Å². The molecule has 1 aromatic heterocycles. The van der Waals surface area contributed by atoms with Crippen LogP contribution in [0.1, 0.15) is 5.69 Å². The molecule has 2 aromatic rings. The van der Waals surface area contributed by atoms with E-state index in [4.69, 9.17) is 4.74 Å². The third kappa shape index (κ3) is 2.02. The summed E-state index contributed by atoms with van der Waals surface area (Å²) in [6.45, 7) is 4.33. The minimum absolute atomic E-state index is 0.150. The van der Waals surface area contributed by atoms with Crippen LogP contribution in [-0.2, 0) is 18.3 Å². The largest absolute Gasteiger partial charge is 0.379 e. The van der Waals surface area contributed by atoms with E-state index in [0.29, 0.717) is 5.52 Å². The zero-order valence-electron chi connectivity index (χ0n) is 10.5. The Balaban J connectivity index is 1.92. The van der Waals surface area contributed by atoms with Crippen molar-refractivity contribution in [1.29, 1.82) is 0 Å². The van der Waals surface area contributed by atoms with Crippen molar-refractivity contribution in [2.24, 2.45) is 7.05 Å². The van der Waals surface area contributed by atoms with Crippen LogP contribution in [0.2, 0.25) is 0 Å². The molecule has 3 rings (SSSR count). The molecule has 2 heterocycles. The summed E-state index contributed by atoms with van der Waals surface area (Å²) in [4.78, 5) is 2.34. The van der Waals surface area contributed by atoms with Gasteiger partial charge in [-0.25, -0.2) is 4.39 Å². The number of morpholine rings is 1. The van der Waals surface area contributed by atoms with Gasteiger partial charge in [0.25, 0.3) is 0 Å². The SMILES string of the molecule is Cn1c(CN2CCOCC2)cc2cccc(F)c21. The number of benzene rings is 1. The first kappa shape index (κ1) is 11.7. The molecule has 3 nitrogen and oxygen atoms in total. The Morgan fingerprint density at radius 3 is 2.78 bits per heavy atom. The van der Waals surface area contributed by atoms with Crippen molar-refractivity contribution in [3.05, 3.63) is 35.8 Å². The van der Waals surface area contributed by atoms with Crippen LogP contribution in [0.15, 0.2) is 24.3 Å². The number of nitrogens with zero attached hydrogens (tertiary/aromatic N) is 2. The maximum absolute atomic E-state index is 13.8. The molecule has 1 aliphatic heterocycles. The molecule has 0 unspecified atom stereocenters. The molecule has 96 valence electrons. The number of halogens is 1. The molecule has 1 aromatic carbocycles. The lowest BCUT2D eigenvalue weighted by Gasteiger charge is -2.26. The summed E-state index contributed by atoms with van der Waals surface area (Å²) in [5, 5.41) is 0.973. The Bertz CT molecular complexity index is 558. The lowest BCUT2D eigenvalue weighted by molar-refractivity contribution is 0.0333. The van der Waals surface area contributed by atoms with Crippen molar-refractivity contribution in [3.63, 3.8) is 0 Å². The van der Waals surface area contributed by atoms with Crippen LogP contribution in [-0.4, -0.2) is 35.8 Å². The summed E-state index contributed by atoms with van der Waals surface area (Å²) in [7, 11) is 1.93. The number of hydrogen-bond donors (Lipinski definition) is 0. The molecule has 0 radical (unpaired) electrons. The van der Waals surface area contributed by atoms with E-state index < -0.39 is 0 Å². The molecule has 0 saturated carbocycles. The van der Waals surface area contributed by atoms with Crippen molar-refractivity contribution in [3.8, 4) is 0 Å². The lowest BCUT2D eigenvalue weighted by Crippen LogP contribution is -2.36. The van der Waals surface area contributed by atoms with Crippen LogP contribution >= 0.6 is 0 Å². The summed E-state index contributed by atoms with van der Waals surface area (Å²) in [6, 6.07) is 7.31. The minimum atomic E-state index is -0.150. The summed E-state index contributed by atoms with van der Waals surface area (Å²) < 4.78 is 21.1. The van der Waals surface area contributed by atoms with Crippen molar-refractivity contribution in [2.75, 3.05) is 26.3 Å². The van der Waals surface area contributed by atoms with E-state index >= 15 is 0 Å². The van der Waals surface area contributed by atoms with Crippen LogP contribution < -0.4 is 0 Å². The maximum atomic E-state index is 13.8. The topological polar surface area (TPSA) is 17.4 Å². The predicted octanol–water partition coefficient (Wildman–Crippen LogP) is 2.15. The van der Waals surface area contributed by atoms with Gasteiger partial charge in [0.15, 0.2) is 0 Å². The van der Waals surface area contributed by atoms with Gasteiger partial charge >= 0.3 is 0 Å². The van der Waals surface area contributed by atoms with Crippen LogP contribution in [0.3, 0.4) is 0 Å². The molecule has 0 N–H and O–H groups in total. The van der Waals surface area contributed by atoms with Crippen LogP contribution in [0.25, 0.3) is 10.9 Å². The third-order valence-electron chi connectivity index (χ3n) is 3.60. The van der Waals surface area contributed by atoms with E-state index in [2.05, 4.69) is 11.0 Å². The molecule has 18 heavy (non-hydrogen) atoms. The van der Waals surface area contributed by atoms with E-state index in [9.17, 15) is 4.39 Å². The molecule has 0 aliphatic carbocycles. The van der Waals surface area contributed by atoms with Gasteiger partial charge in [-0.15, -0.1) is 0 Å². The predicted molar refractivity (Wildman–Crippen MR) is 69.0 cm³/mol. The molecular weight excluding hydrogens is 231 g/mol. The van der Waals surface area contributed by atoms with E-state index in [1.165, 1.54) is 6.07 Å². The zero-order valence-corrected chi connectivity index (χ0v) is 10.5. The first-order chi connectivity index (χ1) is 8.75. The molecule has 0 spiro atoms. The number of fused-ring (bicyclic) bond motifs is 1. The second-order valence-corrected chi connectivity index (χ2v) is 4.76. The van der Waals surface area contributed by atoms with Crippen molar-refractivity contribution in [1.82, 2.24) is 9.47 Å². The second-order valence-electron chi connectivity index (χ2n) is 4.76. The van der Waals surface area contributed by atoms with Crippen molar-refractivity contribution < 1.29 is 9.13 Å². The normalized spacial score (nSPS) is 17.4. The average molecular weight is 248 g/mol. The fourth-order valence-corrected chi connectivity index (χ4v) is 2.56. The molecular formula is C14H17FN2O. The molecule has 1 fully saturated rings. The Morgan fingerprint density at radius 1 is 1.28 bits per heavy atom. The Labute approximate surface area is 106 Å².